The Morgan fingerprint density at radius 3 is 2.52 bits per heavy atom. The van der Waals surface area contributed by atoms with Crippen molar-refractivity contribution < 1.29 is 27.9 Å². The van der Waals surface area contributed by atoms with Gasteiger partial charge in [0.1, 0.15) is 0 Å². The van der Waals surface area contributed by atoms with Crippen molar-refractivity contribution in [3.05, 3.63) is 51.7 Å². The van der Waals surface area contributed by atoms with Crippen LogP contribution in [0.3, 0.4) is 0 Å². The van der Waals surface area contributed by atoms with E-state index in [2.05, 4.69) is 0 Å². The average Bonchev–Trinajstić information content (AvgIpc) is 3.09. The summed E-state index contributed by atoms with van der Waals surface area (Å²) in [4.78, 5) is 24.8. The van der Waals surface area contributed by atoms with Gasteiger partial charge in [0, 0.05) is 16.7 Å². The number of alkyl halides is 3. The zero-order valence-electron chi connectivity index (χ0n) is 12.5. The van der Waals surface area contributed by atoms with Crippen LogP contribution in [0.2, 0.25) is 0 Å². The van der Waals surface area contributed by atoms with E-state index in [1.807, 2.05) is 0 Å². The molecule has 3 N–H and O–H groups in total. The highest BCUT2D eigenvalue weighted by molar-refractivity contribution is 7.10. The predicted octanol–water partition coefficient (Wildman–Crippen LogP) is 3.78. The summed E-state index contributed by atoms with van der Waals surface area (Å²) >= 11 is 1.30. The van der Waals surface area contributed by atoms with Crippen molar-refractivity contribution in [1.82, 2.24) is 4.57 Å². The summed E-state index contributed by atoms with van der Waals surface area (Å²) in [6.07, 6.45) is -4.74. The van der Waals surface area contributed by atoms with Crippen molar-refractivity contribution in [1.29, 1.82) is 0 Å². The lowest BCUT2D eigenvalue weighted by molar-refractivity contribution is -0.137. The van der Waals surface area contributed by atoms with Crippen molar-refractivity contribution in [2.75, 3.05) is 0 Å². The number of thiophene rings is 1. The lowest BCUT2D eigenvalue weighted by Crippen LogP contribution is -2.19. The van der Waals surface area contributed by atoms with Gasteiger partial charge >= 0.3 is 12.2 Å². The molecular weight excluding hydrogens is 357 g/mol. The first-order valence-corrected chi connectivity index (χ1v) is 7.88. The topological polar surface area (TPSA) is 85.3 Å². The molecule has 130 valence electrons. The number of amides is 1. The second-order valence-corrected chi connectivity index (χ2v) is 6.31. The minimum absolute atomic E-state index is 0.0625. The number of ketones is 1. The smallest absolute Gasteiger partial charge is 0.416 e. The molecule has 0 atom stereocenters. The van der Waals surface area contributed by atoms with Crippen LogP contribution < -0.4 is 5.73 Å². The summed E-state index contributed by atoms with van der Waals surface area (Å²) in [5.41, 5.74) is 3.78. The molecule has 0 radical (unpaired) electrons. The van der Waals surface area contributed by atoms with Gasteiger partial charge in [0.05, 0.1) is 16.6 Å². The number of nitrogens with two attached hydrogens (primary N) is 1. The molecule has 0 aliphatic heterocycles. The Balaban J connectivity index is 2.23. The maximum atomic E-state index is 13.0. The molecule has 0 aliphatic rings. The third-order valence-corrected chi connectivity index (χ3v) is 4.56. The molecule has 3 rings (SSSR count). The first kappa shape index (κ1) is 17.0. The van der Waals surface area contributed by atoms with Crippen LogP contribution in [0.15, 0.2) is 35.7 Å². The van der Waals surface area contributed by atoms with E-state index >= 15 is 0 Å². The van der Waals surface area contributed by atoms with Crippen LogP contribution in [0, 0.1) is 0 Å². The number of carbonyl (C=O) groups is 2. The summed E-state index contributed by atoms with van der Waals surface area (Å²) in [6.45, 7) is 0. The van der Waals surface area contributed by atoms with Gasteiger partial charge in [-0.3, -0.25) is 4.79 Å². The number of aromatic hydroxyl groups is 1. The molecule has 25 heavy (non-hydrogen) atoms. The largest absolute Gasteiger partial charge is 0.494 e. The number of fused-ring (bicyclic) bond motifs is 1. The Hall–Kier alpha value is -2.81. The zero-order chi connectivity index (χ0) is 18.4. The van der Waals surface area contributed by atoms with Gasteiger partial charge in [-0.05, 0) is 29.6 Å². The molecule has 0 spiro atoms. The zero-order valence-corrected chi connectivity index (χ0v) is 13.3. The van der Waals surface area contributed by atoms with E-state index in [-0.39, 0.29) is 22.9 Å². The van der Waals surface area contributed by atoms with Crippen molar-refractivity contribution in [3.63, 3.8) is 0 Å². The van der Waals surface area contributed by atoms with Gasteiger partial charge in [0.15, 0.2) is 5.78 Å². The molecule has 2 heterocycles. The Kier molecular flexibility index (Phi) is 4.03. The predicted molar refractivity (Wildman–Crippen MR) is 85.9 cm³/mol. The van der Waals surface area contributed by atoms with E-state index in [0.29, 0.717) is 9.44 Å². The van der Waals surface area contributed by atoms with Crippen molar-refractivity contribution in [2.24, 2.45) is 5.73 Å². The minimum Gasteiger partial charge on any atom is -0.494 e. The van der Waals surface area contributed by atoms with Gasteiger partial charge in [-0.15, -0.1) is 11.3 Å². The van der Waals surface area contributed by atoms with Crippen LogP contribution in [-0.2, 0) is 12.6 Å². The fraction of sp³-hybridized carbons (Fsp3) is 0.125. The standard InChI is InChI=1S/C16H11F3N2O3S/c17-16(18,19)8-3-4-11-10(6-8)13(14(23)21(11)15(20)24)12(22)7-9-2-1-5-25-9/h1-6,23H,7H2,(H2,20,24). The van der Waals surface area contributed by atoms with Crippen LogP contribution in [0.5, 0.6) is 5.88 Å². The number of benzene rings is 1. The van der Waals surface area contributed by atoms with Gasteiger partial charge < -0.3 is 10.8 Å². The molecule has 2 aromatic heterocycles. The highest BCUT2D eigenvalue weighted by atomic mass is 32.1. The normalized spacial score (nSPS) is 11.8. The van der Waals surface area contributed by atoms with Crippen LogP contribution in [-0.4, -0.2) is 21.5 Å². The van der Waals surface area contributed by atoms with Gasteiger partial charge in [-0.25, -0.2) is 9.36 Å². The van der Waals surface area contributed by atoms with Crippen LogP contribution >= 0.6 is 11.3 Å². The maximum absolute atomic E-state index is 13.0. The summed E-state index contributed by atoms with van der Waals surface area (Å²) in [7, 11) is 0. The molecule has 0 fully saturated rings. The third-order valence-electron chi connectivity index (χ3n) is 3.68. The Morgan fingerprint density at radius 2 is 1.96 bits per heavy atom. The summed E-state index contributed by atoms with van der Waals surface area (Å²) < 4.78 is 39.5. The quantitative estimate of drug-likeness (QED) is 0.690. The molecule has 0 saturated carbocycles. The molecule has 0 aliphatic carbocycles. The number of nitrogens with zero attached hydrogens (tertiary/aromatic N) is 1. The SMILES string of the molecule is NC(=O)n1c(O)c(C(=O)Cc2cccs2)c2cc(C(F)(F)F)ccc21. The van der Waals surface area contributed by atoms with E-state index in [4.69, 9.17) is 5.73 Å². The molecule has 0 unspecified atom stereocenters. The van der Waals surface area contributed by atoms with E-state index in [1.165, 1.54) is 11.3 Å². The number of rotatable bonds is 3. The number of primary amides is 1. The van der Waals surface area contributed by atoms with Crippen molar-refractivity contribution >= 4 is 34.1 Å². The maximum Gasteiger partial charge on any atom is 0.416 e. The lowest BCUT2D eigenvalue weighted by atomic mass is 10.0. The van der Waals surface area contributed by atoms with Crippen molar-refractivity contribution in [2.45, 2.75) is 12.6 Å². The third kappa shape index (κ3) is 2.98. The summed E-state index contributed by atoms with van der Waals surface area (Å²) in [5.74, 6) is -1.37. The van der Waals surface area contributed by atoms with E-state index in [0.717, 1.165) is 18.2 Å². The van der Waals surface area contributed by atoms with Gasteiger partial charge in [-0.2, -0.15) is 13.2 Å². The number of hydrogen-bond donors (Lipinski definition) is 2. The molecular formula is C16H11F3N2O3S. The van der Waals surface area contributed by atoms with E-state index in [1.54, 1.807) is 17.5 Å². The average molecular weight is 368 g/mol. The van der Waals surface area contributed by atoms with E-state index in [9.17, 15) is 27.9 Å². The minimum atomic E-state index is -4.63. The summed E-state index contributed by atoms with van der Waals surface area (Å²) in [5, 5.41) is 11.8. The fourth-order valence-electron chi connectivity index (χ4n) is 2.61. The highest BCUT2D eigenvalue weighted by Gasteiger charge is 2.33. The highest BCUT2D eigenvalue weighted by Crippen LogP contribution is 2.37. The Labute approximate surface area is 143 Å². The first-order valence-electron chi connectivity index (χ1n) is 7.00. The van der Waals surface area contributed by atoms with Gasteiger partial charge in [-0.1, -0.05) is 6.07 Å². The molecule has 1 amide bonds. The Bertz CT molecular complexity index is 975. The van der Waals surface area contributed by atoms with Crippen LogP contribution in [0.4, 0.5) is 18.0 Å². The molecule has 0 bridgehead atoms. The van der Waals surface area contributed by atoms with Crippen LogP contribution in [0.25, 0.3) is 10.9 Å². The summed E-state index contributed by atoms with van der Waals surface area (Å²) in [6, 6.07) is 4.81. The second-order valence-electron chi connectivity index (χ2n) is 5.28. The monoisotopic (exact) mass is 368 g/mol. The molecule has 9 heteroatoms. The first-order chi connectivity index (χ1) is 11.7. The number of halogens is 3. The second kappa shape index (κ2) is 5.92. The molecule has 1 aromatic carbocycles. The molecule has 0 saturated heterocycles. The fourth-order valence-corrected chi connectivity index (χ4v) is 3.32. The van der Waals surface area contributed by atoms with Crippen molar-refractivity contribution in [3.8, 4) is 5.88 Å². The van der Waals surface area contributed by atoms with E-state index < -0.39 is 29.4 Å². The van der Waals surface area contributed by atoms with Gasteiger partial charge in [0.2, 0.25) is 5.88 Å². The van der Waals surface area contributed by atoms with Crippen LogP contribution in [0.1, 0.15) is 20.8 Å². The van der Waals surface area contributed by atoms with Gasteiger partial charge in [0.25, 0.3) is 0 Å². The number of hydrogen-bond acceptors (Lipinski definition) is 4. The number of aromatic nitrogens is 1. The molecule has 3 aromatic rings. The molecule has 5 nitrogen and oxygen atoms in total. The number of Topliss-reactive ketones (excluding diaryl/α,β-unsaturated/α-hetero) is 1. The number of carbonyl (C=O) groups excluding carboxylic acids is 2. The Morgan fingerprint density at radius 1 is 1.24 bits per heavy atom. The lowest BCUT2D eigenvalue weighted by Gasteiger charge is -2.07.